The summed E-state index contributed by atoms with van der Waals surface area (Å²) in [6.45, 7) is -0.131. The lowest BCUT2D eigenvalue weighted by Crippen LogP contribution is -2.41. The van der Waals surface area contributed by atoms with Gasteiger partial charge < -0.3 is 11.1 Å². The van der Waals surface area contributed by atoms with Gasteiger partial charge in [-0.1, -0.05) is 24.3 Å². The predicted octanol–water partition coefficient (Wildman–Crippen LogP) is 2.77. The van der Waals surface area contributed by atoms with Crippen molar-refractivity contribution in [2.75, 3.05) is 18.4 Å². The van der Waals surface area contributed by atoms with Gasteiger partial charge >= 0.3 is 6.18 Å². The number of sulfonamides is 1. The third-order valence-electron chi connectivity index (χ3n) is 5.23. The van der Waals surface area contributed by atoms with Gasteiger partial charge in [-0.25, -0.2) is 8.42 Å². The molecule has 1 fully saturated rings. The minimum Gasteiger partial charge on any atom is -0.369 e. The van der Waals surface area contributed by atoms with E-state index in [0.717, 1.165) is 22.5 Å². The predicted molar refractivity (Wildman–Crippen MR) is 111 cm³/mol. The van der Waals surface area contributed by atoms with Crippen molar-refractivity contribution >= 4 is 27.5 Å². The van der Waals surface area contributed by atoms with Crippen molar-refractivity contribution in [3.05, 3.63) is 59.7 Å². The molecule has 0 spiro atoms. The summed E-state index contributed by atoms with van der Waals surface area (Å²) in [4.78, 5) is 22.7. The number of benzene rings is 2. The van der Waals surface area contributed by atoms with Crippen LogP contribution in [0.5, 0.6) is 0 Å². The first-order chi connectivity index (χ1) is 15.0. The Hall–Kier alpha value is -2.92. The molecule has 1 heterocycles. The summed E-state index contributed by atoms with van der Waals surface area (Å²) >= 11 is 0. The quantitative estimate of drug-likeness (QED) is 0.678. The molecule has 2 amide bonds. The summed E-state index contributed by atoms with van der Waals surface area (Å²) in [7, 11) is -4.35. The van der Waals surface area contributed by atoms with E-state index in [1.54, 1.807) is 24.3 Å². The molecule has 0 atom stereocenters. The third-order valence-corrected chi connectivity index (χ3v) is 7.19. The van der Waals surface area contributed by atoms with E-state index in [9.17, 15) is 31.2 Å². The lowest BCUT2D eigenvalue weighted by Gasteiger charge is -2.31. The van der Waals surface area contributed by atoms with Gasteiger partial charge in [0.05, 0.1) is 16.9 Å². The zero-order chi connectivity index (χ0) is 23.5. The van der Waals surface area contributed by atoms with Crippen LogP contribution in [0.15, 0.2) is 53.4 Å². The summed E-state index contributed by atoms with van der Waals surface area (Å²) in [6, 6.07) is 10.6. The first-order valence-electron chi connectivity index (χ1n) is 9.83. The second-order valence-electron chi connectivity index (χ2n) is 7.50. The van der Waals surface area contributed by atoms with Gasteiger partial charge in [0.1, 0.15) is 0 Å². The molecule has 0 aliphatic carbocycles. The first-order valence-corrected chi connectivity index (χ1v) is 11.3. The van der Waals surface area contributed by atoms with Crippen molar-refractivity contribution < 1.29 is 31.2 Å². The summed E-state index contributed by atoms with van der Waals surface area (Å²) < 4.78 is 66.4. The van der Waals surface area contributed by atoms with E-state index in [0.29, 0.717) is 11.3 Å². The maximum Gasteiger partial charge on any atom is 0.417 e. The standard InChI is InChI=1S/C21H22F3N3O4S/c22-21(23,24)17-3-1-2-4-18(17)32(30,31)27-11-9-15(10-12-27)20(29)26-16-7-5-14(6-8-16)13-19(25)28/h1-8,15H,9-13H2,(H2,25,28)(H,26,29). The number of halogens is 3. The number of carbonyl (C=O) groups excluding carboxylic acids is 2. The second-order valence-corrected chi connectivity index (χ2v) is 9.41. The van der Waals surface area contributed by atoms with Crippen LogP contribution in [0.3, 0.4) is 0 Å². The van der Waals surface area contributed by atoms with Gasteiger partial charge in [-0.3, -0.25) is 9.59 Å². The maximum absolute atomic E-state index is 13.2. The van der Waals surface area contributed by atoms with E-state index >= 15 is 0 Å². The van der Waals surface area contributed by atoms with E-state index in [-0.39, 0.29) is 38.3 Å². The Morgan fingerprint density at radius 1 is 1.03 bits per heavy atom. The Kier molecular flexibility index (Phi) is 6.89. The summed E-state index contributed by atoms with van der Waals surface area (Å²) in [5, 5.41) is 2.73. The van der Waals surface area contributed by atoms with Gasteiger partial charge in [-0.2, -0.15) is 17.5 Å². The number of piperidine rings is 1. The monoisotopic (exact) mass is 469 g/mol. The van der Waals surface area contributed by atoms with Crippen molar-refractivity contribution in [1.82, 2.24) is 4.31 Å². The van der Waals surface area contributed by atoms with Gasteiger partial charge in [0, 0.05) is 24.7 Å². The Morgan fingerprint density at radius 2 is 1.62 bits per heavy atom. The number of amides is 2. The van der Waals surface area contributed by atoms with E-state index in [2.05, 4.69) is 5.32 Å². The number of anilines is 1. The van der Waals surface area contributed by atoms with Gasteiger partial charge in [-0.15, -0.1) is 0 Å². The molecule has 0 aromatic heterocycles. The lowest BCUT2D eigenvalue weighted by atomic mass is 9.97. The molecule has 0 radical (unpaired) electrons. The van der Waals surface area contributed by atoms with E-state index in [1.807, 2.05) is 0 Å². The van der Waals surface area contributed by atoms with Crippen LogP contribution >= 0.6 is 0 Å². The van der Waals surface area contributed by atoms with Gasteiger partial charge in [0.2, 0.25) is 21.8 Å². The van der Waals surface area contributed by atoms with Crippen molar-refractivity contribution in [1.29, 1.82) is 0 Å². The number of carbonyl (C=O) groups is 2. The van der Waals surface area contributed by atoms with Crippen LogP contribution in [-0.4, -0.2) is 37.6 Å². The first kappa shape index (κ1) is 23.7. The molecule has 1 aliphatic heterocycles. The molecule has 1 saturated heterocycles. The highest BCUT2D eigenvalue weighted by Crippen LogP contribution is 2.36. The smallest absolute Gasteiger partial charge is 0.369 e. The van der Waals surface area contributed by atoms with Crippen LogP contribution in [0.4, 0.5) is 18.9 Å². The molecule has 2 aromatic rings. The number of nitrogens with zero attached hydrogens (tertiary/aromatic N) is 1. The number of rotatable bonds is 6. The molecule has 0 bridgehead atoms. The van der Waals surface area contributed by atoms with Crippen LogP contribution in [0.2, 0.25) is 0 Å². The largest absolute Gasteiger partial charge is 0.417 e. The number of alkyl halides is 3. The fourth-order valence-corrected chi connectivity index (χ4v) is 5.26. The topological polar surface area (TPSA) is 110 Å². The van der Waals surface area contributed by atoms with Crippen molar-refractivity contribution in [3.63, 3.8) is 0 Å². The molecule has 172 valence electrons. The average molecular weight is 469 g/mol. The maximum atomic E-state index is 13.2. The van der Waals surface area contributed by atoms with Crippen LogP contribution in [0.25, 0.3) is 0 Å². The lowest BCUT2D eigenvalue weighted by molar-refractivity contribution is -0.140. The van der Waals surface area contributed by atoms with E-state index in [4.69, 9.17) is 5.73 Å². The SMILES string of the molecule is NC(=O)Cc1ccc(NC(=O)C2CCN(S(=O)(=O)c3ccccc3C(F)(F)F)CC2)cc1. The summed E-state index contributed by atoms with van der Waals surface area (Å²) in [5.41, 5.74) is 5.14. The molecule has 7 nitrogen and oxygen atoms in total. The highest BCUT2D eigenvalue weighted by Gasteiger charge is 2.40. The van der Waals surface area contributed by atoms with Crippen molar-refractivity contribution in [3.8, 4) is 0 Å². The zero-order valence-electron chi connectivity index (χ0n) is 16.9. The van der Waals surface area contributed by atoms with Gasteiger partial charge in [-0.05, 0) is 42.7 Å². The van der Waals surface area contributed by atoms with Gasteiger partial charge in [0.15, 0.2) is 0 Å². The molecule has 3 rings (SSSR count). The van der Waals surface area contributed by atoms with Crippen LogP contribution in [0.1, 0.15) is 24.0 Å². The van der Waals surface area contributed by atoms with Gasteiger partial charge in [0.25, 0.3) is 0 Å². The Bertz CT molecular complexity index is 1090. The average Bonchev–Trinajstić information content (AvgIpc) is 2.74. The molecule has 2 aromatic carbocycles. The number of hydrogen-bond donors (Lipinski definition) is 2. The Labute approximate surface area is 183 Å². The molecular formula is C21H22F3N3O4S. The summed E-state index contributed by atoms with van der Waals surface area (Å²) in [6.07, 6.45) is -4.36. The highest BCUT2D eigenvalue weighted by molar-refractivity contribution is 7.89. The number of hydrogen-bond acceptors (Lipinski definition) is 4. The highest BCUT2D eigenvalue weighted by atomic mass is 32.2. The Morgan fingerprint density at radius 3 is 2.19 bits per heavy atom. The molecule has 3 N–H and O–H groups in total. The normalized spacial score (nSPS) is 16.0. The van der Waals surface area contributed by atoms with Crippen LogP contribution in [-0.2, 0) is 32.2 Å². The molecule has 0 unspecified atom stereocenters. The minimum atomic E-state index is -4.80. The molecular weight excluding hydrogens is 447 g/mol. The number of nitrogens with one attached hydrogen (secondary N) is 1. The van der Waals surface area contributed by atoms with Crippen molar-refractivity contribution in [2.45, 2.75) is 30.3 Å². The fourth-order valence-electron chi connectivity index (χ4n) is 3.57. The van der Waals surface area contributed by atoms with Crippen molar-refractivity contribution in [2.24, 2.45) is 11.7 Å². The van der Waals surface area contributed by atoms with E-state index < -0.39 is 38.5 Å². The molecule has 0 saturated carbocycles. The third kappa shape index (κ3) is 5.46. The number of primary amides is 1. The summed E-state index contributed by atoms with van der Waals surface area (Å²) in [5.74, 6) is -1.26. The minimum absolute atomic E-state index is 0.0653. The molecule has 1 aliphatic rings. The van der Waals surface area contributed by atoms with Crippen LogP contribution in [0, 0.1) is 5.92 Å². The molecule has 11 heteroatoms. The molecule has 32 heavy (non-hydrogen) atoms. The second kappa shape index (κ2) is 9.29. The zero-order valence-corrected chi connectivity index (χ0v) is 17.7. The van der Waals surface area contributed by atoms with Crippen LogP contribution < -0.4 is 11.1 Å². The number of nitrogens with two attached hydrogens (primary N) is 1. The Balaban J connectivity index is 1.63. The van der Waals surface area contributed by atoms with E-state index in [1.165, 1.54) is 6.07 Å². The fraction of sp³-hybridized carbons (Fsp3) is 0.333.